The summed E-state index contributed by atoms with van der Waals surface area (Å²) in [5.74, 6) is 0.870. The van der Waals surface area contributed by atoms with Crippen LogP contribution in [0.15, 0.2) is 52.8 Å². The minimum atomic E-state index is -3.32. The number of aromatic nitrogens is 1. The highest BCUT2D eigenvalue weighted by atomic mass is 32.2. The molecule has 1 atom stereocenters. The number of aryl methyl sites for hydroxylation is 1. The fourth-order valence-electron chi connectivity index (χ4n) is 2.66. The van der Waals surface area contributed by atoms with E-state index >= 15 is 0 Å². The van der Waals surface area contributed by atoms with Gasteiger partial charge >= 0.3 is 0 Å². The van der Waals surface area contributed by atoms with Gasteiger partial charge in [-0.1, -0.05) is 42.8 Å². The van der Waals surface area contributed by atoms with Gasteiger partial charge in [0, 0.05) is 6.26 Å². The Hall–Kier alpha value is -2.41. The highest BCUT2D eigenvalue weighted by Gasteiger charge is 2.24. The van der Waals surface area contributed by atoms with Crippen molar-refractivity contribution < 1.29 is 18.0 Å². The number of hydrogen-bond donors (Lipinski definition) is 0. The van der Waals surface area contributed by atoms with Crippen LogP contribution in [0.25, 0.3) is 0 Å². The van der Waals surface area contributed by atoms with Crippen LogP contribution in [0.5, 0.6) is 5.75 Å². The lowest BCUT2D eigenvalue weighted by Gasteiger charge is -2.09. The number of nitrogens with zero attached hydrogens (tertiary/aromatic N) is 2. The zero-order valence-electron chi connectivity index (χ0n) is 14.9. The Balaban J connectivity index is 1.58. The molecule has 1 aliphatic heterocycles. The molecule has 0 bridgehead atoms. The van der Waals surface area contributed by atoms with Crippen LogP contribution in [0.3, 0.4) is 0 Å². The van der Waals surface area contributed by atoms with Gasteiger partial charge in [-0.05, 0) is 36.1 Å². The van der Waals surface area contributed by atoms with Gasteiger partial charge in [-0.2, -0.15) is 0 Å². The molecule has 0 amide bonds. The first-order chi connectivity index (χ1) is 12.5. The summed E-state index contributed by atoms with van der Waals surface area (Å²) in [5, 5.41) is 3.99. The normalized spacial score (nSPS) is 16.8. The molecule has 0 aliphatic carbocycles. The summed E-state index contributed by atoms with van der Waals surface area (Å²) < 4.78 is 28.5. The van der Waals surface area contributed by atoms with E-state index in [0.717, 1.165) is 18.2 Å². The molecule has 26 heavy (non-hydrogen) atoms. The Labute approximate surface area is 153 Å². The molecule has 1 aromatic carbocycles. The molecule has 0 saturated heterocycles. The van der Waals surface area contributed by atoms with Crippen molar-refractivity contribution in [2.24, 2.45) is 5.16 Å². The summed E-state index contributed by atoms with van der Waals surface area (Å²) in [6.45, 7) is 2.18. The monoisotopic (exact) mass is 374 g/mol. The van der Waals surface area contributed by atoms with Crippen LogP contribution in [0.1, 0.15) is 43.4 Å². The van der Waals surface area contributed by atoms with Crippen LogP contribution >= 0.6 is 0 Å². The van der Waals surface area contributed by atoms with Gasteiger partial charge in [0.1, 0.15) is 5.75 Å². The molecular formula is C19H22N2O4S. The second kappa shape index (κ2) is 7.86. The molecule has 0 unspecified atom stereocenters. The highest BCUT2D eigenvalue weighted by molar-refractivity contribution is 7.90. The molecule has 0 saturated carbocycles. The molecule has 2 heterocycles. The molecule has 0 fully saturated rings. The van der Waals surface area contributed by atoms with Crippen molar-refractivity contribution in [3.63, 3.8) is 0 Å². The Morgan fingerprint density at radius 1 is 1.19 bits per heavy atom. The largest absolute Gasteiger partial charge is 0.438 e. The van der Waals surface area contributed by atoms with E-state index in [4.69, 9.17) is 9.57 Å². The van der Waals surface area contributed by atoms with Crippen LogP contribution in [0, 0.1) is 0 Å². The molecule has 3 rings (SSSR count). The van der Waals surface area contributed by atoms with Crippen LogP contribution in [-0.2, 0) is 21.1 Å². The van der Waals surface area contributed by atoms with Gasteiger partial charge in [-0.3, -0.25) is 0 Å². The summed E-state index contributed by atoms with van der Waals surface area (Å²) in [6, 6.07) is 11.4. The minimum Gasteiger partial charge on any atom is -0.438 e. The summed E-state index contributed by atoms with van der Waals surface area (Å²) in [6.07, 6.45) is 6.28. The zero-order valence-corrected chi connectivity index (χ0v) is 15.7. The van der Waals surface area contributed by atoms with Crippen molar-refractivity contribution >= 4 is 15.7 Å². The van der Waals surface area contributed by atoms with Crippen molar-refractivity contribution in [1.82, 2.24) is 4.98 Å². The van der Waals surface area contributed by atoms with E-state index in [1.165, 1.54) is 30.7 Å². The maximum atomic E-state index is 11.4. The maximum Gasteiger partial charge on any atom is 0.235 e. The highest BCUT2D eigenvalue weighted by Crippen LogP contribution is 2.28. The number of rotatable bonds is 6. The number of benzene rings is 1. The summed E-state index contributed by atoms with van der Waals surface area (Å²) in [5.41, 5.74) is 2.38. The maximum absolute atomic E-state index is 11.4. The number of unbranched alkanes of at least 4 members (excludes halogenated alkanes) is 1. The van der Waals surface area contributed by atoms with Crippen molar-refractivity contribution in [2.45, 2.75) is 43.7 Å². The smallest absolute Gasteiger partial charge is 0.235 e. The fraction of sp³-hybridized carbons (Fsp3) is 0.368. The molecule has 7 heteroatoms. The van der Waals surface area contributed by atoms with Gasteiger partial charge < -0.3 is 9.57 Å². The Kier molecular flexibility index (Phi) is 5.56. The lowest BCUT2D eigenvalue weighted by atomic mass is 10.0. The predicted octanol–water partition coefficient (Wildman–Crippen LogP) is 3.68. The van der Waals surface area contributed by atoms with E-state index in [9.17, 15) is 8.42 Å². The molecule has 0 radical (unpaired) electrons. The summed E-state index contributed by atoms with van der Waals surface area (Å²) >= 11 is 0. The average molecular weight is 374 g/mol. The van der Waals surface area contributed by atoms with Crippen LogP contribution in [0.4, 0.5) is 0 Å². The SMILES string of the molecule is CCCCc1ccc([C@@H]2CC(Oc3ccc(S(C)(=O)=O)nc3)=NO2)cc1. The molecule has 1 aromatic heterocycles. The summed E-state index contributed by atoms with van der Waals surface area (Å²) in [7, 11) is -3.32. The molecule has 0 spiro atoms. The second-order valence-corrected chi connectivity index (χ2v) is 8.30. The van der Waals surface area contributed by atoms with Gasteiger partial charge in [0.25, 0.3) is 0 Å². The molecule has 2 aromatic rings. The first kappa shape index (κ1) is 18.4. The zero-order chi connectivity index (χ0) is 18.6. The molecular weight excluding hydrogens is 352 g/mol. The predicted molar refractivity (Wildman–Crippen MR) is 98.9 cm³/mol. The van der Waals surface area contributed by atoms with Gasteiger partial charge in [0.05, 0.1) is 12.6 Å². The Bertz CT molecular complexity index is 875. The number of pyridine rings is 1. The van der Waals surface area contributed by atoms with Crippen LogP contribution < -0.4 is 4.74 Å². The van der Waals surface area contributed by atoms with Crippen molar-refractivity contribution in [2.75, 3.05) is 6.26 Å². The number of ether oxygens (including phenoxy) is 1. The summed E-state index contributed by atoms with van der Waals surface area (Å²) in [4.78, 5) is 9.36. The quantitative estimate of drug-likeness (QED) is 0.771. The third-order valence-corrected chi connectivity index (χ3v) is 5.14. The second-order valence-electron chi connectivity index (χ2n) is 6.33. The average Bonchev–Trinajstić information content (AvgIpc) is 3.08. The van der Waals surface area contributed by atoms with Gasteiger partial charge in [0.15, 0.2) is 21.0 Å². The van der Waals surface area contributed by atoms with E-state index in [1.807, 2.05) is 0 Å². The van der Waals surface area contributed by atoms with E-state index in [0.29, 0.717) is 18.1 Å². The number of oxime groups is 1. The van der Waals surface area contributed by atoms with Gasteiger partial charge in [-0.25, -0.2) is 13.4 Å². The van der Waals surface area contributed by atoms with Gasteiger partial charge in [0.2, 0.25) is 5.90 Å². The van der Waals surface area contributed by atoms with E-state index in [1.54, 1.807) is 6.07 Å². The molecule has 6 nitrogen and oxygen atoms in total. The molecule has 138 valence electrons. The third-order valence-electron chi connectivity index (χ3n) is 4.14. The van der Waals surface area contributed by atoms with E-state index < -0.39 is 9.84 Å². The van der Waals surface area contributed by atoms with E-state index in [-0.39, 0.29) is 11.1 Å². The first-order valence-electron chi connectivity index (χ1n) is 8.61. The van der Waals surface area contributed by atoms with Crippen molar-refractivity contribution in [1.29, 1.82) is 0 Å². The van der Waals surface area contributed by atoms with Crippen LogP contribution in [0.2, 0.25) is 0 Å². The minimum absolute atomic E-state index is 0.00972. The number of sulfone groups is 1. The first-order valence-corrected chi connectivity index (χ1v) is 10.5. The molecule has 1 aliphatic rings. The topological polar surface area (TPSA) is 77.9 Å². The van der Waals surface area contributed by atoms with Crippen molar-refractivity contribution in [3.8, 4) is 5.75 Å². The third kappa shape index (κ3) is 4.60. The van der Waals surface area contributed by atoms with Gasteiger partial charge in [-0.15, -0.1) is 0 Å². The fourth-order valence-corrected chi connectivity index (χ4v) is 3.22. The Morgan fingerprint density at radius 3 is 2.58 bits per heavy atom. The van der Waals surface area contributed by atoms with Crippen LogP contribution in [-0.4, -0.2) is 25.6 Å². The van der Waals surface area contributed by atoms with Crippen molar-refractivity contribution in [3.05, 3.63) is 53.7 Å². The number of hydrogen-bond acceptors (Lipinski definition) is 6. The molecule has 0 N–H and O–H groups in total. The Morgan fingerprint density at radius 2 is 1.96 bits per heavy atom. The standard InChI is InChI=1S/C19H22N2O4S/c1-3-4-5-14-6-8-15(9-7-14)17-12-18(21-25-17)24-16-10-11-19(20-13-16)26(2,22)23/h6-11,13,17H,3-5,12H2,1-2H3/t17-/m0/s1. The van der Waals surface area contributed by atoms with E-state index in [2.05, 4.69) is 41.3 Å². The lowest BCUT2D eigenvalue weighted by molar-refractivity contribution is 0.0855. The lowest BCUT2D eigenvalue weighted by Crippen LogP contribution is -2.08.